The molecule has 1 fully saturated rings. The number of rotatable bonds is 5. The Labute approximate surface area is 126 Å². The number of alkyl halides is 3. The Bertz CT molecular complexity index is 604. The Morgan fingerprint density at radius 1 is 1.41 bits per heavy atom. The fourth-order valence-corrected chi connectivity index (χ4v) is 3.07. The van der Waals surface area contributed by atoms with Crippen LogP contribution in [0.5, 0.6) is 5.88 Å². The molecule has 1 unspecified atom stereocenters. The van der Waals surface area contributed by atoms with Crippen LogP contribution in [0.25, 0.3) is 0 Å². The number of nitrogens with zero attached hydrogens (tertiary/aromatic N) is 2. The van der Waals surface area contributed by atoms with Gasteiger partial charge in [0.2, 0.25) is 15.9 Å². The molecular formula is C12H16F3N3O3S. The Morgan fingerprint density at radius 2 is 2.14 bits per heavy atom. The second kappa shape index (κ2) is 6.39. The van der Waals surface area contributed by atoms with Crippen LogP contribution in [0.1, 0.15) is 12.0 Å². The molecule has 2 N–H and O–H groups in total. The van der Waals surface area contributed by atoms with Crippen LogP contribution in [0.2, 0.25) is 0 Å². The van der Waals surface area contributed by atoms with Crippen LogP contribution in [0.4, 0.5) is 13.2 Å². The summed E-state index contributed by atoms with van der Waals surface area (Å²) in [6.45, 7) is -0.00133. The van der Waals surface area contributed by atoms with Gasteiger partial charge in [-0.25, -0.2) is 18.5 Å². The molecule has 1 saturated heterocycles. The van der Waals surface area contributed by atoms with E-state index >= 15 is 0 Å². The third-order valence-corrected chi connectivity index (χ3v) is 4.60. The van der Waals surface area contributed by atoms with E-state index in [4.69, 9.17) is 5.14 Å². The lowest BCUT2D eigenvalue weighted by molar-refractivity contribution is -0.154. The van der Waals surface area contributed by atoms with Crippen LogP contribution >= 0.6 is 0 Å². The lowest BCUT2D eigenvalue weighted by Crippen LogP contribution is -2.31. The third-order valence-electron chi connectivity index (χ3n) is 3.28. The van der Waals surface area contributed by atoms with Crippen LogP contribution in [0.15, 0.2) is 18.3 Å². The van der Waals surface area contributed by atoms with Crippen LogP contribution in [-0.2, 0) is 16.6 Å². The fourth-order valence-electron chi connectivity index (χ4n) is 2.21. The first kappa shape index (κ1) is 17.0. The van der Waals surface area contributed by atoms with Crippen molar-refractivity contribution in [1.82, 2.24) is 9.88 Å². The van der Waals surface area contributed by atoms with Gasteiger partial charge in [-0.1, -0.05) is 6.07 Å². The molecule has 1 aromatic heterocycles. The minimum absolute atomic E-state index is 0.107. The average Bonchev–Trinajstić information content (AvgIpc) is 2.85. The highest BCUT2D eigenvalue weighted by Gasteiger charge is 2.30. The first-order valence-electron chi connectivity index (χ1n) is 6.52. The molecule has 1 aliphatic rings. The molecule has 6 nitrogen and oxygen atoms in total. The molecule has 1 aromatic rings. The van der Waals surface area contributed by atoms with Crippen molar-refractivity contribution >= 4 is 10.0 Å². The first-order chi connectivity index (χ1) is 10.1. The zero-order valence-electron chi connectivity index (χ0n) is 11.6. The van der Waals surface area contributed by atoms with E-state index in [-0.39, 0.29) is 5.88 Å². The number of sulfonamides is 1. The molecule has 0 aliphatic carbocycles. The monoisotopic (exact) mass is 339 g/mol. The Kier molecular flexibility index (Phi) is 4.93. The number of hydrogen-bond acceptors (Lipinski definition) is 5. The Balaban J connectivity index is 1.87. The van der Waals surface area contributed by atoms with Gasteiger partial charge in [-0.3, -0.25) is 4.90 Å². The lowest BCUT2D eigenvalue weighted by atomic mass is 10.2. The molecule has 10 heteroatoms. The van der Waals surface area contributed by atoms with Crippen molar-refractivity contribution in [2.75, 3.05) is 19.7 Å². The van der Waals surface area contributed by atoms with Gasteiger partial charge in [0.1, 0.15) is 0 Å². The van der Waals surface area contributed by atoms with E-state index in [1.54, 1.807) is 6.07 Å². The molecule has 0 amide bonds. The summed E-state index contributed by atoms with van der Waals surface area (Å²) in [4.78, 5) is 5.70. The van der Waals surface area contributed by atoms with E-state index in [0.717, 1.165) is 5.56 Å². The number of halogens is 3. The number of aromatic nitrogens is 1. The molecule has 0 saturated carbocycles. The quantitative estimate of drug-likeness (QED) is 0.861. The number of nitrogens with two attached hydrogens (primary N) is 1. The summed E-state index contributed by atoms with van der Waals surface area (Å²) in [5, 5.41) is 4.54. The number of hydrogen-bond donors (Lipinski definition) is 1. The standard InChI is InChI=1S/C12H16F3N3O3S/c13-12(14,15)8-21-11-2-1-9(5-17-11)6-18-4-3-10(7-18)22(16,19)20/h1-2,5,10H,3-4,6-8H2,(H2,16,19,20). The van der Waals surface area contributed by atoms with Gasteiger partial charge in [-0.15, -0.1) is 0 Å². The van der Waals surface area contributed by atoms with Gasteiger partial charge in [0.15, 0.2) is 6.61 Å². The fraction of sp³-hybridized carbons (Fsp3) is 0.583. The van der Waals surface area contributed by atoms with Gasteiger partial charge in [0.25, 0.3) is 0 Å². The minimum Gasteiger partial charge on any atom is -0.468 e. The lowest BCUT2D eigenvalue weighted by Gasteiger charge is -2.15. The highest BCUT2D eigenvalue weighted by Crippen LogP contribution is 2.19. The molecule has 2 heterocycles. The van der Waals surface area contributed by atoms with Crippen molar-refractivity contribution in [1.29, 1.82) is 0 Å². The summed E-state index contributed by atoms with van der Waals surface area (Å²) >= 11 is 0. The molecule has 22 heavy (non-hydrogen) atoms. The predicted octanol–water partition coefficient (Wildman–Crippen LogP) is 0.886. The van der Waals surface area contributed by atoms with Crippen LogP contribution in [-0.4, -0.2) is 49.4 Å². The minimum atomic E-state index is -4.40. The summed E-state index contributed by atoms with van der Waals surface area (Å²) in [5.41, 5.74) is 0.759. The van der Waals surface area contributed by atoms with Crippen LogP contribution in [0.3, 0.4) is 0 Å². The number of ether oxygens (including phenoxy) is 1. The second-order valence-electron chi connectivity index (χ2n) is 5.14. The van der Waals surface area contributed by atoms with E-state index in [0.29, 0.717) is 26.1 Å². The van der Waals surface area contributed by atoms with E-state index in [1.807, 2.05) is 4.90 Å². The summed E-state index contributed by atoms with van der Waals surface area (Å²) in [6.07, 6.45) is -2.52. The molecule has 2 rings (SSSR count). The summed E-state index contributed by atoms with van der Waals surface area (Å²) in [5.74, 6) is -0.107. The highest BCUT2D eigenvalue weighted by molar-refractivity contribution is 7.89. The van der Waals surface area contributed by atoms with Crippen molar-refractivity contribution < 1.29 is 26.3 Å². The maximum atomic E-state index is 12.0. The number of likely N-dealkylation sites (tertiary alicyclic amines) is 1. The SMILES string of the molecule is NS(=O)(=O)C1CCN(Cc2ccc(OCC(F)(F)F)nc2)C1. The summed E-state index contributed by atoms with van der Waals surface area (Å²) in [7, 11) is -3.54. The van der Waals surface area contributed by atoms with Crippen LogP contribution in [0, 0.1) is 0 Å². The first-order valence-corrected chi connectivity index (χ1v) is 8.13. The second-order valence-corrected chi connectivity index (χ2v) is 6.99. The van der Waals surface area contributed by atoms with Crippen molar-refractivity contribution in [3.05, 3.63) is 23.9 Å². The summed E-state index contributed by atoms with van der Waals surface area (Å²) in [6, 6.07) is 2.96. The van der Waals surface area contributed by atoms with Gasteiger partial charge in [-0.2, -0.15) is 13.2 Å². The maximum Gasteiger partial charge on any atom is 0.422 e. The highest BCUT2D eigenvalue weighted by atomic mass is 32.2. The summed E-state index contributed by atoms with van der Waals surface area (Å²) < 4.78 is 63.0. The maximum absolute atomic E-state index is 12.0. The van der Waals surface area contributed by atoms with Gasteiger partial charge in [-0.05, 0) is 18.5 Å². The van der Waals surface area contributed by atoms with Gasteiger partial charge in [0.05, 0.1) is 5.25 Å². The van der Waals surface area contributed by atoms with Crippen molar-refractivity contribution in [2.45, 2.75) is 24.4 Å². The molecule has 124 valence electrons. The van der Waals surface area contributed by atoms with Crippen LogP contribution < -0.4 is 9.88 Å². The van der Waals surface area contributed by atoms with E-state index in [1.165, 1.54) is 12.3 Å². The zero-order valence-corrected chi connectivity index (χ0v) is 12.4. The molecule has 0 aromatic carbocycles. The molecule has 1 aliphatic heterocycles. The smallest absolute Gasteiger partial charge is 0.422 e. The molecule has 0 radical (unpaired) electrons. The van der Waals surface area contributed by atoms with E-state index in [2.05, 4.69) is 9.72 Å². The van der Waals surface area contributed by atoms with Gasteiger partial charge < -0.3 is 4.74 Å². The third kappa shape index (κ3) is 5.11. The molecular weight excluding hydrogens is 323 g/mol. The average molecular weight is 339 g/mol. The normalized spacial score (nSPS) is 20.3. The van der Waals surface area contributed by atoms with Crippen molar-refractivity contribution in [2.24, 2.45) is 5.14 Å². The zero-order chi connectivity index (χ0) is 16.4. The van der Waals surface area contributed by atoms with E-state index < -0.39 is 28.1 Å². The van der Waals surface area contributed by atoms with Gasteiger partial charge >= 0.3 is 6.18 Å². The molecule has 0 spiro atoms. The van der Waals surface area contributed by atoms with Crippen molar-refractivity contribution in [3.63, 3.8) is 0 Å². The molecule has 0 bridgehead atoms. The topological polar surface area (TPSA) is 85.5 Å². The largest absolute Gasteiger partial charge is 0.468 e. The number of primary sulfonamides is 1. The molecule has 1 atom stereocenters. The number of pyridine rings is 1. The van der Waals surface area contributed by atoms with Crippen molar-refractivity contribution in [3.8, 4) is 5.88 Å². The predicted molar refractivity (Wildman–Crippen MR) is 72.6 cm³/mol. The Morgan fingerprint density at radius 3 is 2.64 bits per heavy atom. The van der Waals surface area contributed by atoms with E-state index in [9.17, 15) is 21.6 Å². The Hall–Kier alpha value is -1.39. The van der Waals surface area contributed by atoms with Gasteiger partial charge in [0, 0.05) is 25.4 Å².